The quantitative estimate of drug-likeness (QED) is 0.661. The number of carbonyl (C=O) groups excluding carboxylic acids is 2. The molecule has 28 heavy (non-hydrogen) atoms. The van der Waals surface area contributed by atoms with E-state index in [2.05, 4.69) is 0 Å². The summed E-state index contributed by atoms with van der Waals surface area (Å²) in [7, 11) is 3.53. The molecule has 0 atom stereocenters. The van der Waals surface area contributed by atoms with E-state index in [0.29, 0.717) is 32.0 Å². The molecule has 2 aromatic rings. The van der Waals surface area contributed by atoms with E-state index in [1.54, 1.807) is 29.2 Å². The summed E-state index contributed by atoms with van der Waals surface area (Å²) in [5.41, 5.74) is 0.434. The van der Waals surface area contributed by atoms with Crippen molar-refractivity contribution in [3.8, 4) is 0 Å². The van der Waals surface area contributed by atoms with Gasteiger partial charge in [-0.05, 0) is 24.3 Å². The van der Waals surface area contributed by atoms with Crippen LogP contribution in [-0.2, 0) is 34.5 Å². The monoisotopic (exact) mass is 389 g/mol. The zero-order chi connectivity index (χ0) is 20.7. The van der Waals surface area contributed by atoms with Gasteiger partial charge in [0.15, 0.2) is 0 Å². The Labute approximate surface area is 166 Å². The maximum Gasteiger partial charge on any atom is 0.242 e. The largest absolute Gasteiger partial charge is 0.467 e. The summed E-state index contributed by atoms with van der Waals surface area (Å²) in [6.45, 7) is 7.09. The van der Waals surface area contributed by atoms with Crippen LogP contribution in [0.4, 0.5) is 0 Å². The number of hydrogen-bond acceptors (Lipinski definition) is 4. The van der Waals surface area contributed by atoms with Gasteiger partial charge >= 0.3 is 0 Å². The summed E-state index contributed by atoms with van der Waals surface area (Å²) in [5.74, 6) is 0.495. The Kier molecular flexibility index (Phi) is 7.45. The molecule has 0 fully saturated rings. The Hall–Kier alpha value is -2.54. The Bertz CT molecular complexity index is 759. The SMILES string of the molecule is COCCN(CC(=O)N(Cc1ccco1)Cc1cccn1C)C(=O)C(C)(C)C. The van der Waals surface area contributed by atoms with Crippen molar-refractivity contribution in [2.45, 2.75) is 33.9 Å². The van der Waals surface area contributed by atoms with Crippen molar-refractivity contribution in [1.82, 2.24) is 14.4 Å². The topological polar surface area (TPSA) is 67.9 Å². The van der Waals surface area contributed by atoms with Crippen LogP contribution in [0.3, 0.4) is 0 Å². The zero-order valence-electron chi connectivity index (χ0n) is 17.5. The minimum Gasteiger partial charge on any atom is -0.467 e. The maximum absolute atomic E-state index is 13.2. The zero-order valence-corrected chi connectivity index (χ0v) is 17.5. The molecule has 0 bridgehead atoms. The highest BCUT2D eigenvalue weighted by molar-refractivity contribution is 5.87. The van der Waals surface area contributed by atoms with E-state index >= 15 is 0 Å². The van der Waals surface area contributed by atoms with Gasteiger partial charge in [0, 0.05) is 38.0 Å². The van der Waals surface area contributed by atoms with Crippen LogP contribution in [0.1, 0.15) is 32.2 Å². The van der Waals surface area contributed by atoms with Gasteiger partial charge in [0.2, 0.25) is 11.8 Å². The van der Waals surface area contributed by atoms with Gasteiger partial charge in [-0.25, -0.2) is 0 Å². The summed E-state index contributed by atoms with van der Waals surface area (Å²) in [4.78, 5) is 29.2. The molecule has 2 amide bonds. The van der Waals surface area contributed by atoms with E-state index in [4.69, 9.17) is 9.15 Å². The number of amides is 2. The molecule has 0 radical (unpaired) electrons. The number of furan rings is 1. The van der Waals surface area contributed by atoms with Crippen molar-refractivity contribution in [2.75, 3.05) is 26.8 Å². The standard InChI is InChI=1S/C21H31N3O4/c1-21(2,3)20(26)23(11-13-27-5)16-19(25)24(15-18-9-7-12-28-18)14-17-8-6-10-22(17)4/h6-10,12H,11,13-16H2,1-5H3. The van der Waals surface area contributed by atoms with Crippen LogP contribution in [0.2, 0.25) is 0 Å². The first-order chi connectivity index (χ1) is 13.2. The molecule has 0 aliphatic heterocycles. The summed E-state index contributed by atoms with van der Waals surface area (Å²) in [5, 5.41) is 0. The lowest BCUT2D eigenvalue weighted by Gasteiger charge is -2.31. The Morgan fingerprint density at radius 1 is 1.14 bits per heavy atom. The van der Waals surface area contributed by atoms with Crippen LogP contribution in [0.15, 0.2) is 41.1 Å². The molecule has 0 unspecified atom stereocenters. The molecular weight excluding hydrogens is 358 g/mol. The molecule has 0 spiro atoms. The highest BCUT2D eigenvalue weighted by Crippen LogP contribution is 2.18. The van der Waals surface area contributed by atoms with Crippen molar-refractivity contribution in [1.29, 1.82) is 0 Å². The molecule has 2 heterocycles. The lowest BCUT2D eigenvalue weighted by Crippen LogP contribution is -2.47. The lowest BCUT2D eigenvalue weighted by atomic mass is 9.94. The van der Waals surface area contributed by atoms with Gasteiger partial charge in [-0.15, -0.1) is 0 Å². The fourth-order valence-corrected chi connectivity index (χ4v) is 2.87. The molecule has 2 aromatic heterocycles. The van der Waals surface area contributed by atoms with Crippen LogP contribution >= 0.6 is 0 Å². The first-order valence-corrected chi connectivity index (χ1v) is 9.41. The summed E-state index contributed by atoms with van der Waals surface area (Å²) in [6.07, 6.45) is 3.54. The molecule has 7 heteroatoms. The van der Waals surface area contributed by atoms with E-state index in [-0.39, 0.29) is 18.4 Å². The number of nitrogens with zero attached hydrogens (tertiary/aromatic N) is 3. The summed E-state index contributed by atoms with van der Waals surface area (Å²) < 4.78 is 12.5. The predicted octanol–water partition coefficient (Wildman–Crippen LogP) is 2.67. The average molecular weight is 389 g/mol. The fraction of sp³-hybridized carbons (Fsp3) is 0.524. The molecule has 7 nitrogen and oxygen atoms in total. The minimum absolute atomic E-state index is 0.00456. The van der Waals surface area contributed by atoms with Crippen LogP contribution in [-0.4, -0.2) is 53.0 Å². The number of ether oxygens (including phenoxy) is 1. The van der Waals surface area contributed by atoms with Gasteiger partial charge < -0.3 is 23.5 Å². The van der Waals surface area contributed by atoms with Gasteiger partial charge in [-0.2, -0.15) is 0 Å². The smallest absolute Gasteiger partial charge is 0.242 e. The second kappa shape index (κ2) is 9.59. The minimum atomic E-state index is -0.571. The number of rotatable bonds is 9. The number of aromatic nitrogens is 1. The fourth-order valence-electron chi connectivity index (χ4n) is 2.87. The molecule has 0 saturated carbocycles. The third-order valence-electron chi connectivity index (χ3n) is 4.50. The van der Waals surface area contributed by atoms with Crippen molar-refractivity contribution >= 4 is 11.8 Å². The van der Waals surface area contributed by atoms with Crippen molar-refractivity contribution in [3.05, 3.63) is 48.2 Å². The van der Waals surface area contributed by atoms with E-state index in [1.165, 1.54) is 0 Å². The number of carbonyl (C=O) groups is 2. The van der Waals surface area contributed by atoms with Crippen LogP contribution < -0.4 is 0 Å². The molecule has 0 aliphatic rings. The van der Waals surface area contributed by atoms with Gasteiger partial charge in [-0.3, -0.25) is 9.59 Å². The molecule has 154 valence electrons. The van der Waals surface area contributed by atoms with Crippen molar-refractivity contribution in [2.24, 2.45) is 12.5 Å². The Balaban J connectivity index is 2.18. The van der Waals surface area contributed by atoms with Crippen LogP contribution in [0.5, 0.6) is 0 Å². The molecule has 0 aliphatic carbocycles. The molecule has 0 aromatic carbocycles. The van der Waals surface area contributed by atoms with Crippen LogP contribution in [0.25, 0.3) is 0 Å². The molecular formula is C21H31N3O4. The van der Waals surface area contributed by atoms with E-state index in [1.807, 2.05) is 56.8 Å². The number of aryl methyl sites for hydroxylation is 1. The third kappa shape index (κ3) is 5.99. The summed E-state index contributed by atoms with van der Waals surface area (Å²) in [6, 6.07) is 7.56. The molecule has 2 rings (SSSR count). The lowest BCUT2D eigenvalue weighted by molar-refractivity contribution is -0.146. The summed E-state index contributed by atoms with van der Waals surface area (Å²) >= 11 is 0. The molecule has 0 saturated heterocycles. The van der Waals surface area contributed by atoms with Crippen LogP contribution in [0, 0.1) is 5.41 Å². The Morgan fingerprint density at radius 3 is 2.43 bits per heavy atom. The highest BCUT2D eigenvalue weighted by atomic mass is 16.5. The second-order valence-electron chi connectivity index (χ2n) is 7.91. The van der Waals surface area contributed by atoms with Gasteiger partial charge in [0.1, 0.15) is 5.76 Å². The third-order valence-corrected chi connectivity index (χ3v) is 4.50. The maximum atomic E-state index is 13.2. The normalized spacial score (nSPS) is 11.5. The first-order valence-electron chi connectivity index (χ1n) is 9.41. The average Bonchev–Trinajstić information content (AvgIpc) is 3.28. The molecule has 0 N–H and O–H groups in total. The highest BCUT2D eigenvalue weighted by Gasteiger charge is 2.30. The Morgan fingerprint density at radius 2 is 1.89 bits per heavy atom. The van der Waals surface area contributed by atoms with Crippen molar-refractivity contribution < 1.29 is 18.7 Å². The van der Waals surface area contributed by atoms with Gasteiger partial charge in [0.05, 0.1) is 32.5 Å². The first kappa shape index (κ1) is 21.8. The van der Waals surface area contributed by atoms with E-state index in [9.17, 15) is 9.59 Å². The van der Waals surface area contributed by atoms with E-state index in [0.717, 1.165) is 5.69 Å². The second-order valence-corrected chi connectivity index (χ2v) is 7.91. The predicted molar refractivity (Wildman–Crippen MR) is 106 cm³/mol. The number of hydrogen-bond donors (Lipinski definition) is 0. The number of methoxy groups -OCH3 is 1. The van der Waals surface area contributed by atoms with Crippen molar-refractivity contribution in [3.63, 3.8) is 0 Å². The van der Waals surface area contributed by atoms with Gasteiger partial charge in [-0.1, -0.05) is 20.8 Å². The van der Waals surface area contributed by atoms with Gasteiger partial charge in [0.25, 0.3) is 0 Å². The van der Waals surface area contributed by atoms with E-state index < -0.39 is 5.41 Å².